The Kier molecular flexibility index (Phi) is 7.82. The van der Waals surface area contributed by atoms with Gasteiger partial charge in [0.05, 0.1) is 28.2 Å². The first-order chi connectivity index (χ1) is 18.2. The number of anilines is 1. The monoisotopic (exact) mass is 534 g/mol. The van der Waals surface area contributed by atoms with Gasteiger partial charge in [-0.15, -0.1) is 11.3 Å². The molecule has 1 N–H and O–H groups in total. The molecule has 38 heavy (non-hydrogen) atoms. The van der Waals surface area contributed by atoms with Crippen molar-refractivity contribution in [2.75, 3.05) is 26.0 Å². The van der Waals surface area contributed by atoms with Gasteiger partial charge in [0.15, 0.2) is 0 Å². The van der Waals surface area contributed by atoms with Gasteiger partial charge in [0.25, 0.3) is 11.5 Å². The van der Waals surface area contributed by atoms with Gasteiger partial charge in [-0.1, -0.05) is 31.2 Å². The number of hydrogen-bond donors (Lipinski definition) is 1. The number of thiophene rings is 1. The highest BCUT2D eigenvalue weighted by Crippen LogP contribution is 2.29. The minimum atomic E-state index is -0.662. The van der Waals surface area contributed by atoms with E-state index in [-0.39, 0.29) is 22.7 Å². The molecule has 198 valence electrons. The van der Waals surface area contributed by atoms with E-state index in [0.29, 0.717) is 34.2 Å². The molecule has 0 radical (unpaired) electrons. The fourth-order valence-corrected chi connectivity index (χ4v) is 5.50. The van der Waals surface area contributed by atoms with Crippen LogP contribution in [-0.2, 0) is 17.8 Å². The fraction of sp³-hybridized carbons (Fsp3) is 0.286. The lowest BCUT2D eigenvalue weighted by atomic mass is 10.1. The van der Waals surface area contributed by atoms with E-state index in [1.807, 2.05) is 26.0 Å². The number of para-hydroxylation sites is 2. The number of carbonyl (C=O) groups is 2. The third-order valence-corrected chi connectivity index (χ3v) is 7.48. The van der Waals surface area contributed by atoms with Crippen LogP contribution in [0.25, 0.3) is 15.9 Å². The summed E-state index contributed by atoms with van der Waals surface area (Å²) in [6.07, 6.45) is 0.807. The van der Waals surface area contributed by atoms with Crippen molar-refractivity contribution in [3.05, 3.63) is 85.4 Å². The number of aryl methyl sites for hydroxylation is 2. The number of ether oxygens (including phenoxy) is 1. The van der Waals surface area contributed by atoms with Crippen LogP contribution in [-0.4, -0.2) is 46.6 Å². The van der Waals surface area contributed by atoms with Crippen molar-refractivity contribution in [1.29, 1.82) is 0 Å². The summed E-state index contributed by atoms with van der Waals surface area (Å²) in [5, 5.41) is 3.04. The third kappa shape index (κ3) is 4.99. The molecule has 0 aliphatic rings. The summed E-state index contributed by atoms with van der Waals surface area (Å²) in [4.78, 5) is 55.6. The van der Waals surface area contributed by atoms with Gasteiger partial charge >= 0.3 is 5.69 Å². The summed E-state index contributed by atoms with van der Waals surface area (Å²) in [6, 6.07) is 14.2. The standard InChI is InChI=1S/C28H30N4O5S/c1-6-18-12-14-19(15-13-18)32-25(34)23-17(3)24(26(35)30(4)5)38-27(23)31(28(32)36)16-22(33)29-20-10-8-9-11-21(20)37-7-2/h8-15H,6-7,16H2,1-5H3,(H,29,33). The summed E-state index contributed by atoms with van der Waals surface area (Å²) >= 11 is 1.04. The molecule has 0 spiro atoms. The predicted molar refractivity (Wildman–Crippen MR) is 150 cm³/mol. The number of carbonyl (C=O) groups excluding carboxylic acids is 2. The topological polar surface area (TPSA) is 103 Å². The first kappa shape index (κ1) is 26.9. The maximum atomic E-state index is 13.8. The minimum Gasteiger partial charge on any atom is -0.492 e. The van der Waals surface area contributed by atoms with Gasteiger partial charge < -0.3 is 15.0 Å². The van der Waals surface area contributed by atoms with Crippen LogP contribution in [0, 0.1) is 6.92 Å². The number of rotatable bonds is 8. The molecule has 0 atom stereocenters. The van der Waals surface area contributed by atoms with Crippen LogP contribution < -0.4 is 21.3 Å². The molecule has 0 saturated heterocycles. The Hall–Kier alpha value is -4.18. The molecular weight excluding hydrogens is 504 g/mol. The van der Waals surface area contributed by atoms with E-state index in [1.165, 1.54) is 9.47 Å². The maximum absolute atomic E-state index is 13.8. The van der Waals surface area contributed by atoms with Crippen molar-refractivity contribution in [2.45, 2.75) is 33.7 Å². The summed E-state index contributed by atoms with van der Waals surface area (Å²) < 4.78 is 7.91. The number of hydrogen-bond acceptors (Lipinski definition) is 6. The molecule has 0 aliphatic carbocycles. The van der Waals surface area contributed by atoms with Crippen LogP contribution >= 0.6 is 11.3 Å². The molecule has 4 aromatic rings. The summed E-state index contributed by atoms with van der Waals surface area (Å²) in [6.45, 7) is 5.61. The van der Waals surface area contributed by atoms with Crippen molar-refractivity contribution in [3.63, 3.8) is 0 Å². The van der Waals surface area contributed by atoms with E-state index in [9.17, 15) is 19.2 Å². The normalized spacial score (nSPS) is 11.0. The number of fused-ring (bicyclic) bond motifs is 1. The molecular formula is C28H30N4O5S. The van der Waals surface area contributed by atoms with Crippen molar-refractivity contribution >= 4 is 39.1 Å². The van der Waals surface area contributed by atoms with Crippen molar-refractivity contribution in [2.24, 2.45) is 0 Å². The number of nitrogens with zero attached hydrogens (tertiary/aromatic N) is 3. The van der Waals surface area contributed by atoms with Crippen molar-refractivity contribution in [1.82, 2.24) is 14.0 Å². The van der Waals surface area contributed by atoms with Gasteiger partial charge in [-0.25, -0.2) is 9.36 Å². The van der Waals surface area contributed by atoms with Crippen LogP contribution in [0.3, 0.4) is 0 Å². The Morgan fingerprint density at radius 2 is 1.71 bits per heavy atom. The van der Waals surface area contributed by atoms with Crippen LogP contribution in [0.5, 0.6) is 5.75 Å². The second-order valence-corrected chi connectivity index (χ2v) is 9.94. The first-order valence-electron chi connectivity index (χ1n) is 12.3. The van der Waals surface area contributed by atoms with E-state index in [4.69, 9.17) is 4.74 Å². The molecule has 2 aromatic heterocycles. The lowest BCUT2D eigenvalue weighted by Gasteiger charge is -2.14. The Morgan fingerprint density at radius 3 is 2.34 bits per heavy atom. The van der Waals surface area contributed by atoms with Gasteiger partial charge in [-0.05, 0) is 55.7 Å². The van der Waals surface area contributed by atoms with E-state index in [1.54, 1.807) is 57.4 Å². The Morgan fingerprint density at radius 1 is 1.03 bits per heavy atom. The van der Waals surface area contributed by atoms with E-state index < -0.39 is 17.2 Å². The van der Waals surface area contributed by atoms with Crippen LogP contribution in [0.2, 0.25) is 0 Å². The summed E-state index contributed by atoms with van der Waals surface area (Å²) in [7, 11) is 3.24. The van der Waals surface area contributed by atoms with Crippen LogP contribution in [0.4, 0.5) is 5.69 Å². The smallest absolute Gasteiger partial charge is 0.337 e. The molecule has 10 heteroatoms. The van der Waals surface area contributed by atoms with E-state index >= 15 is 0 Å². The molecule has 4 rings (SSSR count). The van der Waals surface area contributed by atoms with Gasteiger partial charge in [0.2, 0.25) is 5.91 Å². The second-order valence-electron chi connectivity index (χ2n) is 8.94. The zero-order valence-corrected chi connectivity index (χ0v) is 22.8. The summed E-state index contributed by atoms with van der Waals surface area (Å²) in [5.74, 6) is -0.248. The third-order valence-electron chi connectivity index (χ3n) is 6.18. The van der Waals surface area contributed by atoms with E-state index in [0.717, 1.165) is 27.9 Å². The molecule has 2 aromatic carbocycles. The van der Waals surface area contributed by atoms with Crippen LogP contribution in [0.15, 0.2) is 58.1 Å². The molecule has 2 heterocycles. The molecule has 2 amide bonds. The SMILES string of the molecule is CCOc1ccccc1NC(=O)Cn1c(=O)n(-c2ccc(CC)cc2)c(=O)c2c(C)c(C(=O)N(C)C)sc21. The number of benzene rings is 2. The fourth-order valence-electron chi connectivity index (χ4n) is 4.19. The van der Waals surface area contributed by atoms with Crippen molar-refractivity contribution in [3.8, 4) is 11.4 Å². The zero-order valence-electron chi connectivity index (χ0n) is 22.0. The van der Waals surface area contributed by atoms with E-state index in [2.05, 4.69) is 5.32 Å². The van der Waals surface area contributed by atoms with Crippen molar-refractivity contribution < 1.29 is 14.3 Å². The highest BCUT2D eigenvalue weighted by Gasteiger charge is 2.25. The first-order valence-corrected chi connectivity index (χ1v) is 13.1. The number of nitrogens with one attached hydrogen (secondary N) is 1. The average Bonchev–Trinajstić information content (AvgIpc) is 3.24. The Bertz CT molecular complexity index is 1630. The molecule has 0 aliphatic heterocycles. The predicted octanol–water partition coefficient (Wildman–Crippen LogP) is 3.82. The second kappa shape index (κ2) is 11.1. The number of aromatic nitrogens is 2. The van der Waals surface area contributed by atoms with Gasteiger partial charge in [-0.2, -0.15) is 0 Å². The lowest BCUT2D eigenvalue weighted by Crippen LogP contribution is -2.40. The average molecular weight is 535 g/mol. The Labute approximate surface area is 223 Å². The Balaban J connectivity index is 1.90. The summed E-state index contributed by atoms with van der Waals surface area (Å²) in [5.41, 5.74) is 1.20. The van der Waals surface area contributed by atoms with Crippen LogP contribution in [0.1, 0.15) is 34.6 Å². The molecule has 0 bridgehead atoms. The van der Waals surface area contributed by atoms with Gasteiger partial charge in [0, 0.05) is 14.1 Å². The zero-order chi connectivity index (χ0) is 27.6. The van der Waals surface area contributed by atoms with Gasteiger partial charge in [-0.3, -0.25) is 19.0 Å². The number of amides is 2. The lowest BCUT2D eigenvalue weighted by molar-refractivity contribution is -0.116. The molecule has 0 unspecified atom stereocenters. The van der Waals surface area contributed by atoms with Gasteiger partial charge in [0.1, 0.15) is 17.1 Å². The largest absolute Gasteiger partial charge is 0.492 e. The minimum absolute atomic E-state index is 0.238. The quantitative estimate of drug-likeness (QED) is 0.370. The molecule has 0 saturated carbocycles. The highest BCUT2D eigenvalue weighted by molar-refractivity contribution is 7.20. The highest BCUT2D eigenvalue weighted by atomic mass is 32.1. The molecule has 9 nitrogen and oxygen atoms in total. The molecule has 0 fully saturated rings. The maximum Gasteiger partial charge on any atom is 0.337 e.